The van der Waals surface area contributed by atoms with E-state index in [1.807, 2.05) is 13.2 Å². The fourth-order valence-corrected chi connectivity index (χ4v) is 3.16. The number of rotatable bonds is 2. The van der Waals surface area contributed by atoms with Crippen molar-refractivity contribution in [2.24, 2.45) is 7.05 Å². The van der Waals surface area contributed by atoms with Crippen LogP contribution in [0.15, 0.2) is 23.8 Å². The summed E-state index contributed by atoms with van der Waals surface area (Å²) >= 11 is 1.31. The molecule has 0 aliphatic carbocycles. The van der Waals surface area contributed by atoms with E-state index in [4.69, 9.17) is 10.00 Å². The van der Waals surface area contributed by atoms with Crippen molar-refractivity contribution in [1.82, 2.24) is 14.7 Å². The second-order valence-electron chi connectivity index (χ2n) is 4.83. The Morgan fingerprint density at radius 3 is 3.19 bits per heavy atom. The molecule has 6 nitrogen and oxygen atoms in total. The molecule has 1 saturated heterocycles. The zero-order valence-electron chi connectivity index (χ0n) is 11.5. The van der Waals surface area contributed by atoms with Crippen LogP contribution in [0.5, 0.6) is 0 Å². The van der Waals surface area contributed by atoms with Crippen molar-refractivity contribution in [2.75, 3.05) is 19.7 Å². The lowest BCUT2D eigenvalue weighted by molar-refractivity contribution is -0.0227. The van der Waals surface area contributed by atoms with Gasteiger partial charge in [0, 0.05) is 25.4 Å². The van der Waals surface area contributed by atoms with Crippen LogP contribution in [0.4, 0.5) is 0 Å². The van der Waals surface area contributed by atoms with Gasteiger partial charge in [-0.05, 0) is 11.4 Å². The molecular weight excluding hydrogens is 288 g/mol. The quantitative estimate of drug-likeness (QED) is 0.844. The molecule has 1 atom stereocenters. The zero-order valence-corrected chi connectivity index (χ0v) is 12.3. The Hall–Kier alpha value is -2.17. The first-order valence-electron chi connectivity index (χ1n) is 6.56. The zero-order chi connectivity index (χ0) is 14.8. The van der Waals surface area contributed by atoms with Gasteiger partial charge in [-0.15, -0.1) is 11.3 Å². The van der Waals surface area contributed by atoms with Crippen LogP contribution in [0, 0.1) is 11.3 Å². The number of amides is 1. The summed E-state index contributed by atoms with van der Waals surface area (Å²) in [7, 11) is 1.85. The third kappa shape index (κ3) is 2.68. The predicted octanol–water partition coefficient (Wildman–Crippen LogP) is 1.57. The molecule has 0 saturated carbocycles. The first-order valence-corrected chi connectivity index (χ1v) is 7.44. The molecule has 3 heterocycles. The van der Waals surface area contributed by atoms with Crippen molar-refractivity contribution in [3.8, 4) is 6.07 Å². The van der Waals surface area contributed by atoms with E-state index in [9.17, 15) is 4.79 Å². The average Bonchev–Trinajstić information content (AvgIpc) is 3.15. The molecule has 3 rings (SSSR count). The molecule has 0 bridgehead atoms. The summed E-state index contributed by atoms with van der Waals surface area (Å²) in [5, 5.41) is 14.9. The highest BCUT2D eigenvalue weighted by atomic mass is 32.1. The Bertz CT molecular complexity index is 700. The van der Waals surface area contributed by atoms with Crippen LogP contribution in [-0.4, -0.2) is 40.3 Å². The Morgan fingerprint density at radius 2 is 2.48 bits per heavy atom. The smallest absolute Gasteiger partial charge is 0.265 e. The molecule has 1 fully saturated rings. The highest BCUT2D eigenvalue weighted by Crippen LogP contribution is 2.25. The van der Waals surface area contributed by atoms with E-state index in [2.05, 4.69) is 11.2 Å². The number of nitrogens with zero attached hydrogens (tertiary/aromatic N) is 4. The lowest BCUT2D eigenvalue weighted by atomic mass is 10.1. The lowest BCUT2D eigenvalue weighted by Gasteiger charge is -2.32. The van der Waals surface area contributed by atoms with Gasteiger partial charge in [-0.1, -0.05) is 0 Å². The van der Waals surface area contributed by atoms with Crippen molar-refractivity contribution in [3.05, 3.63) is 39.8 Å². The Kier molecular flexibility index (Phi) is 3.73. The largest absolute Gasteiger partial charge is 0.370 e. The van der Waals surface area contributed by atoms with Crippen molar-refractivity contribution in [1.29, 1.82) is 5.26 Å². The third-order valence-electron chi connectivity index (χ3n) is 3.43. The van der Waals surface area contributed by atoms with E-state index >= 15 is 0 Å². The Morgan fingerprint density at radius 1 is 1.62 bits per heavy atom. The molecular formula is C14H14N4O2S. The minimum atomic E-state index is -0.165. The number of ether oxygens (including phenoxy) is 1. The summed E-state index contributed by atoms with van der Waals surface area (Å²) in [6.45, 7) is 1.50. The van der Waals surface area contributed by atoms with E-state index in [-0.39, 0.29) is 12.0 Å². The number of hydrogen-bond donors (Lipinski definition) is 0. The monoisotopic (exact) mass is 302 g/mol. The summed E-state index contributed by atoms with van der Waals surface area (Å²) in [6.07, 6.45) is 3.48. The fraction of sp³-hybridized carbons (Fsp3) is 0.357. The molecule has 7 heteroatoms. The van der Waals surface area contributed by atoms with Crippen molar-refractivity contribution >= 4 is 17.2 Å². The van der Waals surface area contributed by atoms with Gasteiger partial charge < -0.3 is 9.64 Å². The van der Waals surface area contributed by atoms with Gasteiger partial charge >= 0.3 is 0 Å². The molecule has 0 radical (unpaired) electrons. The predicted molar refractivity (Wildman–Crippen MR) is 76.8 cm³/mol. The third-order valence-corrected chi connectivity index (χ3v) is 4.33. The number of nitriles is 1. The second-order valence-corrected chi connectivity index (χ2v) is 5.75. The van der Waals surface area contributed by atoms with Crippen LogP contribution >= 0.6 is 11.3 Å². The van der Waals surface area contributed by atoms with Gasteiger partial charge in [0.25, 0.3) is 5.91 Å². The van der Waals surface area contributed by atoms with Gasteiger partial charge in [-0.3, -0.25) is 9.48 Å². The minimum absolute atomic E-state index is 0.0984. The molecule has 2 aromatic heterocycles. The summed E-state index contributed by atoms with van der Waals surface area (Å²) in [5.41, 5.74) is 1.40. The highest BCUT2D eigenvalue weighted by Gasteiger charge is 2.28. The van der Waals surface area contributed by atoms with Gasteiger partial charge in [0.05, 0.1) is 24.9 Å². The fourth-order valence-electron chi connectivity index (χ4n) is 2.35. The Labute approximate surface area is 126 Å². The summed E-state index contributed by atoms with van der Waals surface area (Å²) in [6, 6.07) is 3.74. The lowest BCUT2D eigenvalue weighted by Crippen LogP contribution is -2.42. The first kappa shape index (κ1) is 13.8. The van der Waals surface area contributed by atoms with Crippen LogP contribution in [0.25, 0.3) is 0 Å². The molecule has 0 N–H and O–H groups in total. The first-order chi connectivity index (χ1) is 10.2. The standard InChI is InChI=1S/C14H14N4O2S/c1-17-8-11(7-16-17)12-9-18(3-4-20-12)14(19)13-10(6-15)2-5-21-13/h2,5,7-8,12H,3-4,9H2,1H3. The normalized spacial score (nSPS) is 18.5. The number of morpholine rings is 1. The van der Waals surface area contributed by atoms with E-state index in [1.165, 1.54) is 11.3 Å². The van der Waals surface area contributed by atoms with Gasteiger partial charge in [0.15, 0.2) is 0 Å². The van der Waals surface area contributed by atoms with Crippen LogP contribution < -0.4 is 0 Å². The maximum absolute atomic E-state index is 12.5. The van der Waals surface area contributed by atoms with Crippen LogP contribution in [0.1, 0.15) is 26.9 Å². The highest BCUT2D eigenvalue weighted by molar-refractivity contribution is 7.12. The molecule has 2 aromatic rings. The molecule has 0 aromatic carbocycles. The number of aromatic nitrogens is 2. The van der Waals surface area contributed by atoms with Crippen LogP contribution in [-0.2, 0) is 11.8 Å². The maximum atomic E-state index is 12.5. The number of carbonyl (C=O) groups is 1. The number of hydrogen-bond acceptors (Lipinski definition) is 5. The van der Waals surface area contributed by atoms with Gasteiger partial charge in [0.1, 0.15) is 17.1 Å². The summed E-state index contributed by atoms with van der Waals surface area (Å²) < 4.78 is 7.44. The number of aryl methyl sites for hydroxylation is 1. The summed E-state index contributed by atoms with van der Waals surface area (Å²) in [5.74, 6) is -0.0984. The van der Waals surface area contributed by atoms with Crippen molar-refractivity contribution in [2.45, 2.75) is 6.10 Å². The van der Waals surface area contributed by atoms with E-state index in [1.54, 1.807) is 27.2 Å². The molecule has 1 aliphatic rings. The summed E-state index contributed by atoms with van der Waals surface area (Å²) in [4.78, 5) is 14.8. The van der Waals surface area contributed by atoms with Crippen molar-refractivity contribution in [3.63, 3.8) is 0 Å². The maximum Gasteiger partial charge on any atom is 0.265 e. The van der Waals surface area contributed by atoms with E-state index in [0.29, 0.717) is 30.1 Å². The molecule has 1 amide bonds. The SMILES string of the molecule is Cn1cc(C2CN(C(=O)c3sccc3C#N)CCO2)cn1. The average molecular weight is 302 g/mol. The second kappa shape index (κ2) is 5.68. The van der Waals surface area contributed by atoms with E-state index in [0.717, 1.165) is 5.56 Å². The Balaban J connectivity index is 1.77. The molecule has 0 spiro atoms. The van der Waals surface area contributed by atoms with Gasteiger partial charge in [-0.25, -0.2) is 0 Å². The molecule has 1 unspecified atom stereocenters. The van der Waals surface area contributed by atoms with Crippen LogP contribution in [0.3, 0.4) is 0 Å². The molecule has 1 aliphatic heterocycles. The minimum Gasteiger partial charge on any atom is -0.370 e. The molecule has 108 valence electrons. The van der Waals surface area contributed by atoms with Crippen molar-refractivity contribution < 1.29 is 9.53 Å². The van der Waals surface area contributed by atoms with Gasteiger partial charge in [-0.2, -0.15) is 10.4 Å². The van der Waals surface area contributed by atoms with Gasteiger partial charge in [0.2, 0.25) is 0 Å². The topological polar surface area (TPSA) is 71.2 Å². The van der Waals surface area contributed by atoms with E-state index < -0.39 is 0 Å². The number of thiophene rings is 1. The van der Waals surface area contributed by atoms with Crippen LogP contribution in [0.2, 0.25) is 0 Å². The number of carbonyl (C=O) groups excluding carboxylic acids is 1. The molecule has 21 heavy (non-hydrogen) atoms.